The van der Waals surface area contributed by atoms with Crippen LogP contribution in [0.15, 0.2) is 6.07 Å². The first-order valence-electron chi connectivity index (χ1n) is 9.58. The fraction of sp³-hybridized carbons (Fsp3) is 0.778. The number of rotatable bonds is 5. The van der Waals surface area contributed by atoms with E-state index >= 15 is 0 Å². The van der Waals surface area contributed by atoms with Gasteiger partial charge in [0.25, 0.3) is 5.91 Å². The van der Waals surface area contributed by atoms with Crippen molar-refractivity contribution in [3.05, 3.63) is 11.8 Å². The molecule has 4 rings (SSSR count). The van der Waals surface area contributed by atoms with E-state index < -0.39 is 0 Å². The van der Waals surface area contributed by atoms with Gasteiger partial charge in [0, 0.05) is 45.8 Å². The Kier molecular flexibility index (Phi) is 5.42. The fourth-order valence-corrected chi connectivity index (χ4v) is 4.14. The molecule has 2 saturated heterocycles. The molecule has 2 unspecified atom stereocenters. The molecule has 3 aliphatic rings. The third-order valence-corrected chi connectivity index (χ3v) is 5.54. The molecule has 2 atom stereocenters. The van der Waals surface area contributed by atoms with Crippen LogP contribution in [0.25, 0.3) is 0 Å². The summed E-state index contributed by atoms with van der Waals surface area (Å²) in [5.41, 5.74) is 0.483. The molecule has 1 amide bonds. The van der Waals surface area contributed by atoms with Gasteiger partial charge in [-0.25, -0.2) is 4.68 Å². The van der Waals surface area contributed by atoms with E-state index in [0.29, 0.717) is 24.8 Å². The molecule has 0 bridgehead atoms. The van der Waals surface area contributed by atoms with Gasteiger partial charge in [-0.2, -0.15) is 5.10 Å². The van der Waals surface area contributed by atoms with E-state index in [-0.39, 0.29) is 18.0 Å². The summed E-state index contributed by atoms with van der Waals surface area (Å²) in [7, 11) is 1.68. The minimum atomic E-state index is -0.0137. The Bertz CT molecular complexity index is 629. The number of nitrogens with zero attached hydrogens (tertiary/aromatic N) is 4. The minimum absolute atomic E-state index is 0.0137. The second-order valence-corrected chi connectivity index (χ2v) is 7.27. The van der Waals surface area contributed by atoms with Gasteiger partial charge >= 0.3 is 0 Å². The third kappa shape index (κ3) is 3.58. The molecule has 0 aromatic carbocycles. The summed E-state index contributed by atoms with van der Waals surface area (Å²) in [6.45, 7) is 6.42. The molecule has 0 saturated carbocycles. The van der Waals surface area contributed by atoms with Crippen LogP contribution in [0.3, 0.4) is 0 Å². The zero-order valence-corrected chi connectivity index (χ0v) is 15.4. The Morgan fingerprint density at radius 1 is 1.23 bits per heavy atom. The van der Waals surface area contributed by atoms with Crippen LogP contribution >= 0.6 is 0 Å². The summed E-state index contributed by atoms with van der Waals surface area (Å²) in [6, 6.07) is 2.19. The van der Waals surface area contributed by atoms with Crippen molar-refractivity contribution in [2.75, 3.05) is 59.7 Å². The Hall–Kier alpha value is -1.64. The van der Waals surface area contributed by atoms with Crippen molar-refractivity contribution in [1.29, 1.82) is 0 Å². The number of amides is 1. The van der Waals surface area contributed by atoms with E-state index in [4.69, 9.17) is 14.2 Å². The number of likely N-dealkylation sites (tertiary alicyclic amines) is 1. The zero-order chi connectivity index (χ0) is 17.9. The molecule has 26 heavy (non-hydrogen) atoms. The number of hydrogen-bond donors (Lipinski definition) is 0. The lowest BCUT2D eigenvalue weighted by Gasteiger charge is -2.32. The summed E-state index contributed by atoms with van der Waals surface area (Å²) in [5, 5.41) is 4.64. The SMILES string of the molecule is COCC1CCCN1C(=O)c1cc2n(n1)C(CN1CCOCC1)CCO2. The zero-order valence-electron chi connectivity index (χ0n) is 15.4. The molecule has 3 aliphatic heterocycles. The Labute approximate surface area is 154 Å². The highest BCUT2D eigenvalue weighted by Crippen LogP contribution is 2.29. The fourth-order valence-electron chi connectivity index (χ4n) is 4.14. The lowest BCUT2D eigenvalue weighted by Crippen LogP contribution is -2.41. The van der Waals surface area contributed by atoms with Crippen LogP contribution in [0.5, 0.6) is 5.88 Å². The van der Waals surface area contributed by atoms with E-state index in [1.165, 1.54) is 0 Å². The monoisotopic (exact) mass is 364 g/mol. The normalized spacial score (nSPS) is 26.6. The number of morpholine rings is 1. The second kappa shape index (κ2) is 7.94. The van der Waals surface area contributed by atoms with Crippen molar-refractivity contribution in [1.82, 2.24) is 19.6 Å². The summed E-state index contributed by atoms with van der Waals surface area (Å²) >= 11 is 0. The molecular weight excluding hydrogens is 336 g/mol. The summed E-state index contributed by atoms with van der Waals surface area (Å²) < 4.78 is 18.4. The van der Waals surface area contributed by atoms with Gasteiger partial charge in [-0.15, -0.1) is 0 Å². The number of aromatic nitrogens is 2. The molecule has 8 heteroatoms. The van der Waals surface area contributed by atoms with E-state index in [1.807, 2.05) is 9.58 Å². The molecule has 4 heterocycles. The predicted molar refractivity (Wildman–Crippen MR) is 94.6 cm³/mol. The maximum atomic E-state index is 13.0. The van der Waals surface area contributed by atoms with E-state index in [2.05, 4.69) is 10.00 Å². The van der Waals surface area contributed by atoms with Crippen LogP contribution < -0.4 is 4.74 Å². The second-order valence-electron chi connectivity index (χ2n) is 7.27. The van der Waals surface area contributed by atoms with Crippen LogP contribution in [-0.2, 0) is 9.47 Å². The number of carbonyl (C=O) groups excluding carboxylic acids is 1. The van der Waals surface area contributed by atoms with Crippen LogP contribution in [0.2, 0.25) is 0 Å². The molecule has 0 aliphatic carbocycles. The molecular formula is C18H28N4O4. The van der Waals surface area contributed by atoms with E-state index in [0.717, 1.165) is 58.7 Å². The van der Waals surface area contributed by atoms with Gasteiger partial charge in [0.15, 0.2) is 5.69 Å². The Balaban J connectivity index is 1.48. The summed E-state index contributed by atoms with van der Waals surface area (Å²) in [4.78, 5) is 17.3. The molecule has 8 nitrogen and oxygen atoms in total. The maximum absolute atomic E-state index is 13.0. The number of carbonyl (C=O) groups is 1. The van der Waals surface area contributed by atoms with E-state index in [9.17, 15) is 4.79 Å². The van der Waals surface area contributed by atoms with Crippen LogP contribution in [0.4, 0.5) is 0 Å². The number of methoxy groups -OCH3 is 1. The van der Waals surface area contributed by atoms with Gasteiger partial charge < -0.3 is 19.1 Å². The van der Waals surface area contributed by atoms with Gasteiger partial charge in [-0.3, -0.25) is 9.69 Å². The van der Waals surface area contributed by atoms with Gasteiger partial charge in [0.1, 0.15) is 0 Å². The highest BCUT2D eigenvalue weighted by Gasteiger charge is 2.33. The molecule has 144 valence electrons. The van der Waals surface area contributed by atoms with Crippen molar-refractivity contribution in [2.24, 2.45) is 0 Å². The highest BCUT2D eigenvalue weighted by molar-refractivity contribution is 5.93. The van der Waals surface area contributed by atoms with Crippen molar-refractivity contribution in [2.45, 2.75) is 31.3 Å². The molecule has 1 aromatic rings. The van der Waals surface area contributed by atoms with Gasteiger partial charge in [0.05, 0.1) is 38.5 Å². The van der Waals surface area contributed by atoms with Crippen LogP contribution in [0, 0.1) is 0 Å². The third-order valence-electron chi connectivity index (χ3n) is 5.54. The molecule has 0 spiro atoms. The number of hydrogen-bond acceptors (Lipinski definition) is 6. The quantitative estimate of drug-likeness (QED) is 0.769. The van der Waals surface area contributed by atoms with Crippen molar-refractivity contribution < 1.29 is 19.0 Å². The topological polar surface area (TPSA) is 69.1 Å². The smallest absolute Gasteiger partial charge is 0.274 e. The summed E-state index contributed by atoms with van der Waals surface area (Å²) in [6.07, 6.45) is 2.92. The van der Waals surface area contributed by atoms with Crippen molar-refractivity contribution in [3.63, 3.8) is 0 Å². The first kappa shape index (κ1) is 17.8. The highest BCUT2D eigenvalue weighted by atomic mass is 16.5. The Morgan fingerprint density at radius 2 is 2.08 bits per heavy atom. The lowest BCUT2D eigenvalue weighted by atomic mass is 10.2. The average Bonchev–Trinajstić information content (AvgIpc) is 3.30. The van der Waals surface area contributed by atoms with Crippen LogP contribution in [0.1, 0.15) is 35.8 Å². The first-order valence-corrected chi connectivity index (χ1v) is 9.58. The number of fused-ring (bicyclic) bond motifs is 1. The van der Waals surface area contributed by atoms with Gasteiger partial charge in [-0.1, -0.05) is 0 Å². The number of ether oxygens (including phenoxy) is 3. The van der Waals surface area contributed by atoms with Crippen molar-refractivity contribution >= 4 is 5.91 Å². The first-order chi connectivity index (χ1) is 12.8. The molecule has 0 N–H and O–H groups in total. The largest absolute Gasteiger partial charge is 0.478 e. The molecule has 2 fully saturated rings. The minimum Gasteiger partial charge on any atom is -0.478 e. The molecule has 1 aromatic heterocycles. The average molecular weight is 364 g/mol. The molecule has 0 radical (unpaired) electrons. The van der Waals surface area contributed by atoms with E-state index in [1.54, 1.807) is 13.2 Å². The Morgan fingerprint density at radius 3 is 2.88 bits per heavy atom. The van der Waals surface area contributed by atoms with Gasteiger partial charge in [0.2, 0.25) is 5.88 Å². The lowest BCUT2D eigenvalue weighted by molar-refractivity contribution is 0.0256. The van der Waals surface area contributed by atoms with Crippen LogP contribution in [-0.4, -0.2) is 91.2 Å². The summed E-state index contributed by atoms with van der Waals surface area (Å²) in [5.74, 6) is 0.695. The predicted octanol–water partition coefficient (Wildman–Crippen LogP) is 0.790. The van der Waals surface area contributed by atoms with Crippen molar-refractivity contribution in [3.8, 4) is 5.88 Å². The standard InChI is InChI=1S/C18H28N4O4/c1-24-13-15-3-2-5-21(15)18(23)16-11-17-22(19-16)14(4-8-26-17)12-20-6-9-25-10-7-20/h11,14-15H,2-10,12-13H2,1H3. The van der Waals surface area contributed by atoms with Gasteiger partial charge in [-0.05, 0) is 12.8 Å². The maximum Gasteiger partial charge on any atom is 0.274 e.